The third-order valence-corrected chi connectivity index (χ3v) is 4.60. The molecule has 0 amide bonds. The molecule has 1 heterocycles. The second-order valence-corrected chi connectivity index (χ2v) is 7.11. The smallest absolute Gasteiger partial charge is 0.172 e. The molecule has 1 fully saturated rings. The Morgan fingerprint density at radius 2 is 2.00 bits per heavy atom. The van der Waals surface area contributed by atoms with E-state index in [-0.39, 0.29) is 11.3 Å². The predicted molar refractivity (Wildman–Crippen MR) is 67.1 cm³/mol. The summed E-state index contributed by atoms with van der Waals surface area (Å²) in [4.78, 5) is 4.52. The van der Waals surface area contributed by atoms with Crippen molar-refractivity contribution in [1.82, 2.24) is 9.80 Å². The molecule has 1 saturated heterocycles. The van der Waals surface area contributed by atoms with Crippen LogP contribution < -0.4 is 0 Å². The van der Waals surface area contributed by atoms with Crippen molar-refractivity contribution in [2.45, 2.75) is 19.4 Å². The minimum absolute atomic E-state index is 0.121. The van der Waals surface area contributed by atoms with E-state index < -0.39 is 9.84 Å². The van der Waals surface area contributed by atoms with Crippen molar-refractivity contribution >= 4 is 9.84 Å². The molecule has 4 nitrogen and oxygen atoms in total. The van der Waals surface area contributed by atoms with Crippen LogP contribution in [0.3, 0.4) is 0 Å². The van der Waals surface area contributed by atoms with E-state index in [4.69, 9.17) is 0 Å². The van der Waals surface area contributed by atoms with Gasteiger partial charge in [0, 0.05) is 37.1 Å². The SMILES string of the molecule is C=CS(=O)(=O)CCN1CCN(C)C(C)(C)C1. The zero-order valence-electron chi connectivity index (χ0n) is 10.4. The van der Waals surface area contributed by atoms with Gasteiger partial charge in [0.15, 0.2) is 9.84 Å². The van der Waals surface area contributed by atoms with Crippen molar-refractivity contribution in [3.05, 3.63) is 12.0 Å². The topological polar surface area (TPSA) is 40.6 Å². The molecule has 0 atom stereocenters. The standard InChI is InChI=1S/C11H22N2O2S/c1-5-16(14,15)9-8-13-7-6-12(4)11(2,3)10-13/h5H,1,6-10H2,2-4H3. The highest BCUT2D eigenvalue weighted by atomic mass is 32.2. The van der Waals surface area contributed by atoms with Crippen LogP contribution in [0.25, 0.3) is 0 Å². The Kier molecular flexibility index (Phi) is 4.15. The summed E-state index contributed by atoms with van der Waals surface area (Å²) in [5, 5.41) is 1.05. The lowest BCUT2D eigenvalue weighted by Crippen LogP contribution is -2.58. The van der Waals surface area contributed by atoms with E-state index in [2.05, 4.69) is 37.3 Å². The van der Waals surface area contributed by atoms with E-state index in [1.165, 1.54) is 0 Å². The van der Waals surface area contributed by atoms with Crippen LogP contribution >= 0.6 is 0 Å². The Balaban J connectivity index is 2.49. The molecule has 1 rings (SSSR count). The van der Waals surface area contributed by atoms with Gasteiger partial charge in [0.25, 0.3) is 0 Å². The summed E-state index contributed by atoms with van der Waals surface area (Å²) in [7, 11) is -0.952. The number of nitrogens with zero attached hydrogens (tertiary/aromatic N) is 2. The second-order valence-electron chi connectivity index (χ2n) is 5.04. The maximum absolute atomic E-state index is 11.3. The van der Waals surface area contributed by atoms with E-state index in [1.54, 1.807) is 0 Å². The van der Waals surface area contributed by atoms with Crippen LogP contribution in [-0.4, -0.2) is 62.7 Å². The molecule has 0 N–H and O–H groups in total. The molecule has 94 valence electrons. The normalized spacial score (nSPS) is 23.2. The van der Waals surface area contributed by atoms with E-state index >= 15 is 0 Å². The second kappa shape index (κ2) is 4.85. The molecular weight excluding hydrogens is 224 g/mol. The van der Waals surface area contributed by atoms with Crippen molar-refractivity contribution in [1.29, 1.82) is 0 Å². The van der Waals surface area contributed by atoms with Crippen molar-refractivity contribution in [3.8, 4) is 0 Å². The molecule has 1 aliphatic rings. The molecule has 0 spiro atoms. The van der Waals surface area contributed by atoms with Crippen molar-refractivity contribution in [2.24, 2.45) is 0 Å². The minimum Gasteiger partial charge on any atom is -0.299 e. The zero-order chi connectivity index (χ0) is 12.4. The number of likely N-dealkylation sites (N-methyl/N-ethyl adjacent to an activating group) is 1. The largest absolute Gasteiger partial charge is 0.299 e. The molecule has 0 aliphatic carbocycles. The van der Waals surface area contributed by atoms with Gasteiger partial charge >= 0.3 is 0 Å². The summed E-state index contributed by atoms with van der Waals surface area (Å²) >= 11 is 0. The molecule has 0 bridgehead atoms. The lowest BCUT2D eigenvalue weighted by atomic mass is 10.00. The molecule has 0 aromatic rings. The Labute approximate surface area is 98.8 Å². The Morgan fingerprint density at radius 3 is 2.50 bits per heavy atom. The average molecular weight is 246 g/mol. The molecule has 0 aromatic heterocycles. The van der Waals surface area contributed by atoms with Crippen LogP contribution in [0.2, 0.25) is 0 Å². The Hall–Kier alpha value is -0.390. The summed E-state index contributed by atoms with van der Waals surface area (Å²) in [5.41, 5.74) is 0.121. The number of sulfone groups is 1. The molecule has 0 aromatic carbocycles. The molecule has 1 aliphatic heterocycles. The van der Waals surface area contributed by atoms with Gasteiger partial charge in [0.2, 0.25) is 0 Å². The molecule has 16 heavy (non-hydrogen) atoms. The van der Waals surface area contributed by atoms with Crippen LogP contribution in [0.1, 0.15) is 13.8 Å². The van der Waals surface area contributed by atoms with Gasteiger partial charge in [-0.25, -0.2) is 8.42 Å². The zero-order valence-corrected chi connectivity index (χ0v) is 11.3. The molecule has 0 radical (unpaired) electrons. The summed E-state index contributed by atoms with van der Waals surface area (Å²) in [5.74, 6) is 0.177. The van der Waals surface area contributed by atoms with Gasteiger partial charge in [-0.3, -0.25) is 9.80 Å². The first kappa shape index (κ1) is 13.7. The van der Waals surface area contributed by atoms with Crippen molar-refractivity contribution < 1.29 is 8.42 Å². The lowest BCUT2D eigenvalue weighted by molar-refractivity contribution is 0.0434. The van der Waals surface area contributed by atoms with Gasteiger partial charge in [-0.05, 0) is 20.9 Å². The van der Waals surface area contributed by atoms with E-state index in [0.717, 1.165) is 25.0 Å². The van der Waals surface area contributed by atoms with Crippen LogP contribution in [0.4, 0.5) is 0 Å². The third-order valence-electron chi connectivity index (χ3n) is 3.34. The summed E-state index contributed by atoms with van der Waals surface area (Å²) in [6.07, 6.45) is 0. The maximum atomic E-state index is 11.3. The van der Waals surface area contributed by atoms with Crippen LogP contribution in [0.5, 0.6) is 0 Å². The monoisotopic (exact) mass is 246 g/mol. The number of rotatable bonds is 4. The first-order valence-corrected chi connectivity index (χ1v) is 7.27. The highest BCUT2D eigenvalue weighted by molar-refractivity contribution is 7.94. The fraction of sp³-hybridized carbons (Fsp3) is 0.818. The van der Waals surface area contributed by atoms with Gasteiger partial charge in [0.05, 0.1) is 5.75 Å². The van der Waals surface area contributed by atoms with Gasteiger partial charge in [0.1, 0.15) is 0 Å². The fourth-order valence-corrected chi connectivity index (χ4v) is 2.55. The van der Waals surface area contributed by atoms with E-state index in [1.807, 2.05) is 0 Å². The molecular formula is C11H22N2O2S. The highest BCUT2D eigenvalue weighted by Gasteiger charge is 2.30. The van der Waals surface area contributed by atoms with E-state index in [9.17, 15) is 8.42 Å². The fourth-order valence-electron chi connectivity index (χ4n) is 1.87. The minimum atomic E-state index is -3.06. The Morgan fingerprint density at radius 1 is 1.38 bits per heavy atom. The van der Waals surface area contributed by atoms with Gasteiger partial charge in [-0.1, -0.05) is 6.58 Å². The maximum Gasteiger partial charge on any atom is 0.172 e. The van der Waals surface area contributed by atoms with Crippen LogP contribution in [0, 0.1) is 0 Å². The predicted octanol–water partition coefficient (Wildman–Crippen LogP) is 0.571. The van der Waals surface area contributed by atoms with Gasteiger partial charge in [-0.15, -0.1) is 0 Å². The van der Waals surface area contributed by atoms with Crippen molar-refractivity contribution in [3.63, 3.8) is 0 Å². The van der Waals surface area contributed by atoms with Crippen molar-refractivity contribution in [2.75, 3.05) is 39.0 Å². The van der Waals surface area contributed by atoms with Gasteiger partial charge < -0.3 is 0 Å². The summed E-state index contributed by atoms with van der Waals surface area (Å²) < 4.78 is 22.6. The highest BCUT2D eigenvalue weighted by Crippen LogP contribution is 2.18. The quantitative estimate of drug-likeness (QED) is 0.727. The first-order chi connectivity index (χ1) is 7.27. The summed E-state index contributed by atoms with van der Waals surface area (Å²) in [6, 6.07) is 0. The first-order valence-electron chi connectivity index (χ1n) is 5.56. The third kappa shape index (κ3) is 3.57. The molecule has 5 heteroatoms. The average Bonchev–Trinajstić information content (AvgIpc) is 2.20. The summed E-state index contributed by atoms with van der Waals surface area (Å²) in [6.45, 7) is 11.1. The van der Waals surface area contributed by atoms with Crippen LogP contribution in [0.15, 0.2) is 12.0 Å². The number of hydrogen-bond acceptors (Lipinski definition) is 4. The Bertz CT molecular complexity index is 349. The van der Waals surface area contributed by atoms with Crippen LogP contribution in [-0.2, 0) is 9.84 Å². The molecule has 0 saturated carbocycles. The number of hydrogen-bond donors (Lipinski definition) is 0. The van der Waals surface area contributed by atoms with Gasteiger partial charge in [-0.2, -0.15) is 0 Å². The lowest BCUT2D eigenvalue weighted by Gasteiger charge is -2.45. The number of piperazine rings is 1. The molecule has 0 unspecified atom stereocenters. The van der Waals surface area contributed by atoms with E-state index in [0.29, 0.717) is 6.54 Å².